The molecule has 0 spiro atoms. The van der Waals surface area contributed by atoms with Crippen molar-refractivity contribution >= 4 is 109 Å². The molecule has 0 radical (unpaired) electrons. The summed E-state index contributed by atoms with van der Waals surface area (Å²) >= 11 is 0. The predicted molar refractivity (Wildman–Crippen MR) is 272 cm³/mol. The molecular formula is C61H41N3. The number of hydrogen-bond acceptors (Lipinski definition) is 1. The Morgan fingerprint density at radius 3 is 1.67 bits per heavy atom. The molecule has 300 valence electrons. The molecule has 3 heterocycles. The summed E-state index contributed by atoms with van der Waals surface area (Å²) < 4.78 is 5.03. The normalized spacial score (nSPS) is 15.4. The summed E-state index contributed by atoms with van der Waals surface area (Å²) in [6, 6.07) is 76.6. The first-order valence-electron chi connectivity index (χ1n) is 22.6. The molecule has 2 aromatic heterocycles. The number of fused-ring (bicyclic) bond motifs is 18. The highest BCUT2D eigenvalue weighted by Gasteiger charge is 2.38. The number of para-hydroxylation sites is 2. The number of aliphatic imine (C=N–C) groups is 1. The van der Waals surface area contributed by atoms with Gasteiger partial charge < -0.3 is 4.57 Å². The van der Waals surface area contributed by atoms with E-state index in [2.05, 4.69) is 222 Å². The van der Waals surface area contributed by atoms with E-state index in [0.29, 0.717) is 0 Å². The van der Waals surface area contributed by atoms with E-state index in [-0.39, 0.29) is 11.8 Å². The van der Waals surface area contributed by atoms with Gasteiger partial charge in [0.2, 0.25) is 0 Å². The molecule has 0 saturated heterocycles. The molecule has 0 saturated carbocycles. The van der Waals surface area contributed by atoms with Gasteiger partial charge in [-0.1, -0.05) is 177 Å². The zero-order valence-electron chi connectivity index (χ0n) is 35.3. The van der Waals surface area contributed by atoms with Crippen LogP contribution in [-0.2, 0) is 0 Å². The van der Waals surface area contributed by atoms with Gasteiger partial charge in [0.15, 0.2) is 0 Å². The molecule has 14 rings (SSSR count). The van der Waals surface area contributed by atoms with Crippen molar-refractivity contribution in [3.05, 3.63) is 217 Å². The van der Waals surface area contributed by atoms with E-state index in [1.54, 1.807) is 0 Å². The zero-order valence-corrected chi connectivity index (χ0v) is 35.3. The molecule has 64 heavy (non-hydrogen) atoms. The Labute approximate surface area is 369 Å². The monoisotopic (exact) mass is 815 g/mol. The van der Waals surface area contributed by atoms with Crippen LogP contribution in [0.2, 0.25) is 0 Å². The second-order valence-corrected chi connectivity index (χ2v) is 17.6. The van der Waals surface area contributed by atoms with Crippen molar-refractivity contribution in [2.24, 2.45) is 4.99 Å². The van der Waals surface area contributed by atoms with Gasteiger partial charge in [-0.25, -0.2) is 4.99 Å². The Kier molecular flexibility index (Phi) is 7.50. The largest absolute Gasteiger partial charge is 0.309 e. The van der Waals surface area contributed by atoms with Crippen LogP contribution in [0.25, 0.3) is 103 Å². The third-order valence-corrected chi connectivity index (χ3v) is 14.5. The summed E-state index contributed by atoms with van der Waals surface area (Å²) in [6.07, 6.45) is 0.947. The summed E-state index contributed by atoms with van der Waals surface area (Å²) in [5.41, 5.74) is 9.64. The fourth-order valence-electron chi connectivity index (χ4n) is 11.9. The quantitative estimate of drug-likeness (QED) is 0.159. The highest BCUT2D eigenvalue weighted by atomic mass is 15.1. The Balaban J connectivity index is 1.18. The van der Waals surface area contributed by atoms with E-state index in [1.165, 1.54) is 109 Å². The lowest BCUT2D eigenvalue weighted by molar-refractivity contribution is 0.609. The average Bonchev–Trinajstić information content (AvgIpc) is 3.89. The number of rotatable bonds is 3. The molecule has 2 unspecified atom stereocenters. The first kappa shape index (κ1) is 35.6. The number of aromatic nitrogens is 2. The molecular weight excluding hydrogens is 775 g/mol. The van der Waals surface area contributed by atoms with Crippen molar-refractivity contribution in [3.63, 3.8) is 0 Å². The van der Waals surface area contributed by atoms with Crippen LogP contribution in [0.3, 0.4) is 0 Å². The Hall–Kier alpha value is -8.01. The fraction of sp³-hybridized carbons (Fsp3) is 0.0656. The third kappa shape index (κ3) is 4.79. The minimum Gasteiger partial charge on any atom is -0.309 e. The van der Waals surface area contributed by atoms with Crippen molar-refractivity contribution in [1.29, 1.82) is 0 Å². The molecule has 2 atom stereocenters. The average molecular weight is 816 g/mol. The molecule has 0 fully saturated rings. The molecule has 3 nitrogen and oxygen atoms in total. The fourth-order valence-corrected chi connectivity index (χ4v) is 11.9. The lowest BCUT2D eigenvalue weighted by atomic mass is 9.74. The lowest BCUT2D eigenvalue weighted by Gasteiger charge is -2.35. The molecule has 1 aliphatic rings. The van der Waals surface area contributed by atoms with Crippen molar-refractivity contribution in [2.45, 2.75) is 25.2 Å². The van der Waals surface area contributed by atoms with Gasteiger partial charge in [0.1, 0.15) is 5.84 Å². The van der Waals surface area contributed by atoms with Crippen LogP contribution >= 0.6 is 0 Å². The minimum atomic E-state index is -0.0771. The van der Waals surface area contributed by atoms with E-state index in [0.717, 1.165) is 23.6 Å². The molecule has 3 heteroatoms. The van der Waals surface area contributed by atoms with E-state index >= 15 is 0 Å². The van der Waals surface area contributed by atoms with Gasteiger partial charge >= 0.3 is 0 Å². The standard InChI is InChI=1S/C61H41N3/c1-2-40-48-33-31-38-18-7-9-22-42(38)60(48)62-61(57(40)50-28-16-30-52-55(50)49-27-14-15-29-51(49)63(52)39-19-4-3-5-20-39)64-53-35-32-37-17-6-8-21-41(37)58(53)59-54(64)36-34-47-45-25-11-10-23-43(45)44-24-12-13-26-46(44)56(47)59/h3-36,40,57H,2H2,1H3. The van der Waals surface area contributed by atoms with Crippen LogP contribution in [0.5, 0.6) is 0 Å². The third-order valence-electron chi connectivity index (χ3n) is 14.5. The Morgan fingerprint density at radius 1 is 0.359 bits per heavy atom. The summed E-state index contributed by atoms with van der Waals surface area (Å²) in [5, 5.41) is 17.7. The van der Waals surface area contributed by atoms with E-state index in [1.807, 2.05) is 0 Å². The van der Waals surface area contributed by atoms with Crippen LogP contribution in [-0.4, -0.2) is 15.0 Å². The highest BCUT2D eigenvalue weighted by Crippen LogP contribution is 2.53. The Morgan fingerprint density at radius 2 is 0.906 bits per heavy atom. The van der Waals surface area contributed by atoms with Crippen molar-refractivity contribution in [1.82, 2.24) is 9.13 Å². The predicted octanol–water partition coefficient (Wildman–Crippen LogP) is 16.5. The van der Waals surface area contributed by atoms with Gasteiger partial charge in [-0.05, 0) is 103 Å². The summed E-state index contributed by atoms with van der Waals surface area (Å²) in [7, 11) is 0. The highest BCUT2D eigenvalue weighted by molar-refractivity contribution is 6.39. The minimum absolute atomic E-state index is 0.0771. The molecule has 0 N–H and O–H groups in total. The maximum absolute atomic E-state index is 6.07. The topological polar surface area (TPSA) is 22.2 Å². The van der Waals surface area contributed by atoms with Crippen LogP contribution in [0.15, 0.2) is 211 Å². The van der Waals surface area contributed by atoms with Gasteiger partial charge in [-0.3, -0.25) is 4.57 Å². The first-order valence-corrected chi connectivity index (χ1v) is 22.6. The second kappa shape index (κ2) is 13.5. The molecule has 13 aromatic rings. The molecule has 1 aliphatic heterocycles. The Bertz CT molecular complexity index is 4090. The SMILES string of the molecule is CCC1c2ccc3ccccc3c2N=C(n2c3ccc4ccccc4c3c3c4c5ccccc5c5ccccc5c4ccc32)C1c1cccc2c1c1ccccc1n2-c1ccccc1. The molecule has 0 aliphatic carbocycles. The van der Waals surface area contributed by atoms with Gasteiger partial charge in [0.05, 0.1) is 33.7 Å². The number of benzene rings is 11. The first-order chi connectivity index (χ1) is 31.8. The zero-order chi connectivity index (χ0) is 42.0. The summed E-state index contributed by atoms with van der Waals surface area (Å²) in [4.78, 5) is 6.07. The van der Waals surface area contributed by atoms with Crippen molar-refractivity contribution in [2.75, 3.05) is 0 Å². The number of nitrogens with zero attached hydrogens (tertiary/aromatic N) is 3. The summed E-state index contributed by atoms with van der Waals surface area (Å²) in [6.45, 7) is 2.37. The van der Waals surface area contributed by atoms with Crippen LogP contribution < -0.4 is 0 Å². The second-order valence-electron chi connectivity index (χ2n) is 17.6. The van der Waals surface area contributed by atoms with E-state index in [4.69, 9.17) is 4.99 Å². The maximum atomic E-state index is 6.07. The van der Waals surface area contributed by atoms with Crippen LogP contribution in [0.1, 0.15) is 36.3 Å². The smallest absolute Gasteiger partial charge is 0.122 e. The summed E-state index contributed by atoms with van der Waals surface area (Å²) in [5.74, 6) is 1.14. The van der Waals surface area contributed by atoms with Gasteiger partial charge in [0.25, 0.3) is 0 Å². The van der Waals surface area contributed by atoms with Crippen molar-refractivity contribution in [3.8, 4) is 5.69 Å². The molecule has 11 aromatic carbocycles. The van der Waals surface area contributed by atoms with Gasteiger partial charge in [-0.2, -0.15) is 0 Å². The van der Waals surface area contributed by atoms with Gasteiger partial charge in [-0.15, -0.1) is 0 Å². The molecule has 0 bridgehead atoms. The maximum Gasteiger partial charge on any atom is 0.122 e. The van der Waals surface area contributed by atoms with Gasteiger partial charge in [0, 0.05) is 38.0 Å². The van der Waals surface area contributed by atoms with Crippen LogP contribution in [0.4, 0.5) is 5.69 Å². The van der Waals surface area contributed by atoms with Crippen LogP contribution in [0, 0.1) is 0 Å². The lowest BCUT2D eigenvalue weighted by Crippen LogP contribution is -2.29. The van der Waals surface area contributed by atoms with Crippen molar-refractivity contribution < 1.29 is 0 Å². The van der Waals surface area contributed by atoms with E-state index < -0.39 is 0 Å². The molecule has 0 amide bonds. The number of hydrogen-bond donors (Lipinski definition) is 0. The van der Waals surface area contributed by atoms with E-state index in [9.17, 15) is 0 Å².